The van der Waals surface area contributed by atoms with Gasteiger partial charge in [0.25, 0.3) is 5.56 Å². The number of carbonyl (C=O) groups is 1. The van der Waals surface area contributed by atoms with Crippen molar-refractivity contribution in [2.75, 3.05) is 5.32 Å². The molecule has 0 aliphatic carbocycles. The van der Waals surface area contributed by atoms with Gasteiger partial charge in [-0.05, 0) is 24.1 Å². The van der Waals surface area contributed by atoms with Crippen LogP contribution in [0.1, 0.15) is 24.0 Å². The number of rotatable bonds is 9. The number of phenols is 3. The average molecular weight is 522 g/mol. The number of benzene rings is 2. The zero-order chi connectivity index (χ0) is 27.4. The third kappa shape index (κ3) is 5.21. The highest BCUT2D eigenvalue weighted by Gasteiger charge is 2.19. The van der Waals surface area contributed by atoms with Gasteiger partial charge in [-0.15, -0.1) is 0 Å². The van der Waals surface area contributed by atoms with Gasteiger partial charge in [-0.3, -0.25) is 18.7 Å². The molecule has 13 nitrogen and oxygen atoms in total. The van der Waals surface area contributed by atoms with Crippen LogP contribution < -0.4 is 22.0 Å². The van der Waals surface area contributed by atoms with Crippen LogP contribution in [0.15, 0.2) is 57.2 Å². The standard InChI is InChI=1S/C25H27N7O6/c1-30-22-19(23(37)31(2)25(30)38)32(24(28-22)26-13-15-7-4-3-5-8-15)12-6-9-18(34)29-27-14-16-10-11-17(33)21(36)20(16)35/h3-5,7-8,10-11,14,33,35-36H,6,9,12-13H2,1-2H3,(H,26,28)(H,29,34)/b27-14+. The van der Waals surface area contributed by atoms with E-state index in [1.165, 1.54) is 23.7 Å². The first-order chi connectivity index (χ1) is 18.2. The van der Waals surface area contributed by atoms with E-state index >= 15 is 0 Å². The van der Waals surface area contributed by atoms with Crippen molar-refractivity contribution in [3.8, 4) is 17.2 Å². The molecule has 2 heterocycles. The number of aromatic nitrogens is 4. The Morgan fingerprint density at radius 1 is 1.03 bits per heavy atom. The molecule has 1 amide bonds. The van der Waals surface area contributed by atoms with Gasteiger partial charge in [-0.25, -0.2) is 10.2 Å². The van der Waals surface area contributed by atoms with Crippen LogP contribution in [-0.2, 0) is 32.0 Å². The van der Waals surface area contributed by atoms with E-state index in [1.807, 2.05) is 30.3 Å². The van der Waals surface area contributed by atoms with E-state index in [0.717, 1.165) is 16.3 Å². The summed E-state index contributed by atoms with van der Waals surface area (Å²) in [6.45, 7) is 0.693. The van der Waals surface area contributed by atoms with E-state index in [-0.39, 0.29) is 29.7 Å². The van der Waals surface area contributed by atoms with Gasteiger partial charge < -0.3 is 25.2 Å². The smallest absolute Gasteiger partial charge is 0.332 e. The number of aryl methyl sites for hydroxylation is 2. The molecule has 0 atom stereocenters. The lowest BCUT2D eigenvalue weighted by Crippen LogP contribution is -2.37. The molecule has 5 N–H and O–H groups in total. The minimum Gasteiger partial charge on any atom is -0.504 e. The maximum Gasteiger partial charge on any atom is 0.332 e. The van der Waals surface area contributed by atoms with Crippen molar-refractivity contribution in [1.82, 2.24) is 24.1 Å². The summed E-state index contributed by atoms with van der Waals surface area (Å²) in [5, 5.41) is 35.8. The summed E-state index contributed by atoms with van der Waals surface area (Å²) >= 11 is 0. The molecule has 0 saturated carbocycles. The highest BCUT2D eigenvalue weighted by atomic mass is 16.3. The minimum atomic E-state index is -0.687. The highest BCUT2D eigenvalue weighted by molar-refractivity contribution is 5.87. The first-order valence-corrected chi connectivity index (χ1v) is 11.7. The average Bonchev–Trinajstić information content (AvgIpc) is 3.28. The van der Waals surface area contributed by atoms with Gasteiger partial charge in [0.2, 0.25) is 17.6 Å². The number of phenolic OH excluding ortho intramolecular Hbond substituents is 3. The van der Waals surface area contributed by atoms with Crippen LogP contribution in [0, 0.1) is 0 Å². The minimum absolute atomic E-state index is 0.0496. The van der Waals surface area contributed by atoms with Crippen LogP contribution >= 0.6 is 0 Å². The van der Waals surface area contributed by atoms with Crippen molar-refractivity contribution in [1.29, 1.82) is 0 Å². The number of anilines is 1. The van der Waals surface area contributed by atoms with Crippen molar-refractivity contribution < 1.29 is 20.1 Å². The third-order valence-electron chi connectivity index (χ3n) is 5.98. The summed E-state index contributed by atoms with van der Waals surface area (Å²) in [4.78, 5) is 42.2. The van der Waals surface area contributed by atoms with Gasteiger partial charge in [0.05, 0.1) is 6.21 Å². The van der Waals surface area contributed by atoms with Crippen LogP contribution in [0.5, 0.6) is 17.2 Å². The predicted molar refractivity (Wildman–Crippen MR) is 140 cm³/mol. The SMILES string of the molecule is Cn1c(=O)c2c(nc(NCc3ccccc3)n2CCCC(=O)N/N=C/c2ccc(O)c(O)c2O)n(C)c1=O. The largest absolute Gasteiger partial charge is 0.504 e. The van der Waals surface area contributed by atoms with Crippen molar-refractivity contribution >= 4 is 29.2 Å². The van der Waals surface area contributed by atoms with Gasteiger partial charge in [-0.2, -0.15) is 10.1 Å². The van der Waals surface area contributed by atoms with Gasteiger partial charge in [0.1, 0.15) is 0 Å². The van der Waals surface area contributed by atoms with E-state index in [1.54, 1.807) is 11.6 Å². The molecular formula is C25H27N7O6. The Labute approximate surface area is 215 Å². The lowest BCUT2D eigenvalue weighted by molar-refractivity contribution is -0.121. The maximum absolute atomic E-state index is 13.0. The molecule has 0 unspecified atom stereocenters. The number of aromatic hydroxyl groups is 3. The summed E-state index contributed by atoms with van der Waals surface area (Å²) in [5.74, 6) is -1.77. The van der Waals surface area contributed by atoms with Crippen molar-refractivity contribution in [3.63, 3.8) is 0 Å². The molecule has 0 fully saturated rings. The molecular weight excluding hydrogens is 494 g/mol. The second-order valence-corrected chi connectivity index (χ2v) is 8.57. The number of imidazole rings is 1. The first-order valence-electron chi connectivity index (χ1n) is 11.7. The number of nitrogens with one attached hydrogen (secondary N) is 2. The zero-order valence-electron chi connectivity index (χ0n) is 20.7. The van der Waals surface area contributed by atoms with Crippen LogP contribution in [0.2, 0.25) is 0 Å². The first kappa shape index (κ1) is 26.0. The van der Waals surface area contributed by atoms with Crippen molar-refractivity contribution in [3.05, 3.63) is 74.4 Å². The predicted octanol–water partition coefficient (Wildman–Crippen LogP) is 1.09. The second kappa shape index (κ2) is 10.9. The van der Waals surface area contributed by atoms with Crippen LogP contribution in [0.3, 0.4) is 0 Å². The molecule has 0 aliphatic rings. The number of carbonyl (C=O) groups excluding carboxylic acids is 1. The van der Waals surface area contributed by atoms with E-state index < -0.39 is 34.4 Å². The fraction of sp³-hybridized carbons (Fsp3) is 0.240. The van der Waals surface area contributed by atoms with Crippen LogP contribution in [0.25, 0.3) is 11.2 Å². The van der Waals surface area contributed by atoms with E-state index in [4.69, 9.17) is 0 Å². The number of hydrogen-bond donors (Lipinski definition) is 5. The highest BCUT2D eigenvalue weighted by Crippen LogP contribution is 2.36. The fourth-order valence-electron chi connectivity index (χ4n) is 3.89. The molecule has 198 valence electrons. The van der Waals surface area contributed by atoms with Crippen molar-refractivity contribution in [2.24, 2.45) is 19.2 Å². The quantitative estimate of drug-likeness (QED) is 0.124. The molecule has 2 aromatic heterocycles. The number of hydrogen-bond acceptors (Lipinski definition) is 9. The molecule has 38 heavy (non-hydrogen) atoms. The fourth-order valence-corrected chi connectivity index (χ4v) is 3.89. The lowest BCUT2D eigenvalue weighted by Gasteiger charge is -2.11. The van der Waals surface area contributed by atoms with E-state index in [0.29, 0.717) is 18.9 Å². The number of fused-ring (bicyclic) bond motifs is 1. The number of hydrazone groups is 1. The maximum atomic E-state index is 13.0. The molecule has 0 radical (unpaired) electrons. The van der Waals surface area contributed by atoms with Crippen molar-refractivity contribution in [2.45, 2.75) is 25.9 Å². The number of amides is 1. The Morgan fingerprint density at radius 3 is 2.50 bits per heavy atom. The molecule has 0 spiro atoms. The summed E-state index contributed by atoms with van der Waals surface area (Å²) in [6.07, 6.45) is 1.50. The third-order valence-corrected chi connectivity index (χ3v) is 5.98. The van der Waals surface area contributed by atoms with Gasteiger partial charge in [-0.1, -0.05) is 30.3 Å². The summed E-state index contributed by atoms with van der Waals surface area (Å²) in [7, 11) is 2.94. The Balaban J connectivity index is 1.49. The summed E-state index contributed by atoms with van der Waals surface area (Å²) < 4.78 is 3.98. The topological polar surface area (TPSA) is 176 Å². The van der Waals surface area contributed by atoms with Crippen LogP contribution in [-0.4, -0.2) is 46.1 Å². The van der Waals surface area contributed by atoms with Gasteiger partial charge >= 0.3 is 5.69 Å². The van der Waals surface area contributed by atoms with Gasteiger partial charge in [0, 0.05) is 39.2 Å². The normalized spacial score (nSPS) is 11.3. The molecule has 0 saturated heterocycles. The Bertz CT molecular complexity index is 1640. The molecule has 0 aliphatic heterocycles. The number of nitrogens with zero attached hydrogens (tertiary/aromatic N) is 5. The lowest BCUT2D eigenvalue weighted by atomic mass is 10.2. The molecule has 0 bridgehead atoms. The molecule has 4 aromatic rings. The molecule has 4 rings (SSSR count). The summed E-state index contributed by atoms with van der Waals surface area (Å²) in [6, 6.07) is 12.1. The summed E-state index contributed by atoms with van der Waals surface area (Å²) in [5.41, 5.74) is 2.92. The zero-order valence-corrected chi connectivity index (χ0v) is 20.7. The monoisotopic (exact) mass is 521 g/mol. The van der Waals surface area contributed by atoms with E-state index in [2.05, 4.69) is 20.8 Å². The Kier molecular flexibility index (Phi) is 7.46. The molecule has 13 heteroatoms. The van der Waals surface area contributed by atoms with E-state index in [9.17, 15) is 29.7 Å². The van der Waals surface area contributed by atoms with Crippen LogP contribution in [0.4, 0.5) is 5.95 Å². The van der Waals surface area contributed by atoms with Gasteiger partial charge in [0.15, 0.2) is 22.7 Å². The Morgan fingerprint density at radius 2 is 1.76 bits per heavy atom. The Hall–Kier alpha value is -5.07. The second-order valence-electron chi connectivity index (χ2n) is 8.57. The molecule has 2 aromatic carbocycles.